The molecule has 58 valence electrons. The highest BCUT2D eigenvalue weighted by molar-refractivity contribution is 5.46. The summed E-state index contributed by atoms with van der Waals surface area (Å²) in [7, 11) is 1.72. The maximum absolute atomic E-state index is 5.21. The number of methoxy groups -OCH3 is 1. The van der Waals surface area contributed by atoms with Crippen LogP contribution in [0.15, 0.2) is 35.5 Å². The molecule has 0 saturated heterocycles. The van der Waals surface area contributed by atoms with E-state index in [1.54, 1.807) is 19.6 Å². The standard InChI is InChI=1S/C9H10O2/c1-10-9-3-2-7-6-11-5-4-8(7)9/h4-6H,2-3H2,1H3. The van der Waals surface area contributed by atoms with Crippen molar-refractivity contribution in [1.29, 1.82) is 0 Å². The van der Waals surface area contributed by atoms with Crippen molar-refractivity contribution in [2.24, 2.45) is 0 Å². The summed E-state index contributed by atoms with van der Waals surface area (Å²) in [6, 6.07) is 0. The number of hydrogen-bond acceptors (Lipinski definition) is 2. The van der Waals surface area contributed by atoms with Crippen molar-refractivity contribution in [3.63, 3.8) is 0 Å². The van der Waals surface area contributed by atoms with Gasteiger partial charge in [0.15, 0.2) is 0 Å². The van der Waals surface area contributed by atoms with Gasteiger partial charge in [0.25, 0.3) is 0 Å². The molecule has 2 heteroatoms. The molecule has 0 fully saturated rings. The van der Waals surface area contributed by atoms with E-state index in [4.69, 9.17) is 9.47 Å². The van der Waals surface area contributed by atoms with Crippen LogP contribution in [0.4, 0.5) is 0 Å². The molecule has 2 aliphatic rings. The molecule has 11 heavy (non-hydrogen) atoms. The molecule has 2 rings (SSSR count). The van der Waals surface area contributed by atoms with Gasteiger partial charge in [-0.3, -0.25) is 0 Å². The van der Waals surface area contributed by atoms with Gasteiger partial charge in [0.05, 0.1) is 19.6 Å². The summed E-state index contributed by atoms with van der Waals surface area (Å²) in [5.41, 5.74) is 2.46. The van der Waals surface area contributed by atoms with Gasteiger partial charge in [-0.1, -0.05) is 0 Å². The maximum atomic E-state index is 5.21. The van der Waals surface area contributed by atoms with Crippen LogP contribution in [0.1, 0.15) is 12.8 Å². The van der Waals surface area contributed by atoms with Gasteiger partial charge in [-0.2, -0.15) is 0 Å². The smallest absolute Gasteiger partial charge is 0.104 e. The molecule has 0 amide bonds. The second-order valence-corrected chi connectivity index (χ2v) is 2.62. The van der Waals surface area contributed by atoms with Gasteiger partial charge in [0.1, 0.15) is 5.76 Å². The van der Waals surface area contributed by atoms with Crippen LogP contribution in [0.3, 0.4) is 0 Å². The Morgan fingerprint density at radius 3 is 3.18 bits per heavy atom. The quantitative estimate of drug-likeness (QED) is 0.570. The molecule has 0 aromatic carbocycles. The van der Waals surface area contributed by atoms with Gasteiger partial charge < -0.3 is 9.47 Å². The number of hydrogen-bond donors (Lipinski definition) is 0. The average Bonchev–Trinajstić information content (AvgIpc) is 2.47. The predicted molar refractivity (Wildman–Crippen MR) is 41.6 cm³/mol. The molecule has 0 bridgehead atoms. The van der Waals surface area contributed by atoms with Crippen LogP contribution in [0.5, 0.6) is 0 Å². The number of rotatable bonds is 1. The Kier molecular flexibility index (Phi) is 1.46. The van der Waals surface area contributed by atoms with E-state index in [1.165, 1.54) is 11.1 Å². The Balaban J connectivity index is 2.37. The second-order valence-electron chi connectivity index (χ2n) is 2.62. The molecule has 1 heterocycles. The molecule has 0 spiro atoms. The van der Waals surface area contributed by atoms with E-state index in [2.05, 4.69) is 0 Å². The summed E-state index contributed by atoms with van der Waals surface area (Å²) >= 11 is 0. The third-order valence-corrected chi connectivity index (χ3v) is 2.04. The highest BCUT2D eigenvalue weighted by Crippen LogP contribution is 2.34. The lowest BCUT2D eigenvalue weighted by atomic mass is 10.1. The van der Waals surface area contributed by atoms with Crippen LogP contribution in [0.2, 0.25) is 0 Å². The van der Waals surface area contributed by atoms with Crippen molar-refractivity contribution >= 4 is 0 Å². The van der Waals surface area contributed by atoms with Gasteiger partial charge >= 0.3 is 0 Å². The molecule has 0 atom stereocenters. The van der Waals surface area contributed by atoms with Gasteiger partial charge in [-0.15, -0.1) is 0 Å². The lowest BCUT2D eigenvalue weighted by molar-refractivity contribution is 0.280. The van der Waals surface area contributed by atoms with Gasteiger partial charge in [0, 0.05) is 12.0 Å². The second kappa shape index (κ2) is 2.46. The van der Waals surface area contributed by atoms with Crippen LogP contribution in [-0.4, -0.2) is 7.11 Å². The molecule has 0 radical (unpaired) electrons. The van der Waals surface area contributed by atoms with Crippen molar-refractivity contribution in [3.05, 3.63) is 35.5 Å². The van der Waals surface area contributed by atoms with Crippen molar-refractivity contribution in [2.75, 3.05) is 7.11 Å². The molecule has 1 aliphatic carbocycles. The van der Waals surface area contributed by atoms with E-state index in [1.807, 2.05) is 6.08 Å². The van der Waals surface area contributed by atoms with E-state index >= 15 is 0 Å². The molecule has 2 nitrogen and oxygen atoms in total. The summed E-state index contributed by atoms with van der Waals surface area (Å²) in [6.07, 6.45) is 7.49. The largest absolute Gasteiger partial charge is 0.500 e. The van der Waals surface area contributed by atoms with Crippen molar-refractivity contribution in [2.45, 2.75) is 12.8 Å². The van der Waals surface area contributed by atoms with E-state index in [0.29, 0.717) is 0 Å². The monoisotopic (exact) mass is 150 g/mol. The maximum Gasteiger partial charge on any atom is 0.104 e. The first-order valence-electron chi connectivity index (χ1n) is 3.70. The number of fused-ring (bicyclic) bond motifs is 1. The van der Waals surface area contributed by atoms with Crippen LogP contribution in [-0.2, 0) is 9.47 Å². The fraction of sp³-hybridized carbons (Fsp3) is 0.333. The Morgan fingerprint density at radius 1 is 1.45 bits per heavy atom. The first-order valence-corrected chi connectivity index (χ1v) is 3.70. The van der Waals surface area contributed by atoms with Crippen LogP contribution >= 0.6 is 0 Å². The van der Waals surface area contributed by atoms with Crippen LogP contribution in [0.25, 0.3) is 0 Å². The van der Waals surface area contributed by atoms with E-state index in [-0.39, 0.29) is 0 Å². The Morgan fingerprint density at radius 2 is 2.36 bits per heavy atom. The summed E-state index contributed by atoms with van der Waals surface area (Å²) < 4.78 is 10.3. The zero-order valence-corrected chi connectivity index (χ0v) is 6.46. The minimum atomic E-state index is 1.01. The highest BCUT2D eigenvalue weighted by atomic mass is 16.5. The third-order valence-electron chi connectivity index (χ3n) is 2.04. The fourth-order valence-electron chi connectivity index (χ4n) is 1.46. The Hall–Kier alpha value is -1.18. The normalized spacial score (nSPS) is 21.0. The average molecular weight is 150 g/mol. The van der Waals surface area contributed by atoms with Crippen molar-refractivity contribution in [3.8, 4) is 0 Å². The van der Waals surface area contributed by atoms with E-state index in [0.717, 1.165) is 18.6 Å². The molecule has 0 aromatic heterocycles. The van der Waals surface area contributed by atoms with Crippen LogP contribution in [0, 0.1) is 0 Å². The van der Waals surface area contributed by atoms with Crippen LogP contribution < -0.4 is 0 Å². The Labute approximate surface area is 65.8 Å². The predicted octanol–water partition coefficient (Wildman–Crippen LogP) is 2.11. The number of ether oxygens (including phenoxy) is 2. The molecule has 0 saturated carbocycles. The highest BCUT2D eigenvalue weighted by Gasteiger charge is 2.20. The zero-order chi connectivity index (χ0) is 7.68. The summed E-state index contributed by atoms with van der Waals surface area (Å²) in [4.78, 5) is 0. The van der Waals surface area contributed by atoms with Gasteiger partial charge in [0.2, 0.25) is 0 Å². The summed E-state index contributed by atoms with van der Waals surface area (Å²) in [6.45, 7) is 0. The number of allylic oxidation sites excluding steroid dienone is 4. The zero-order valence-electron chi connectivity index (χ0n) is 6.46. The van der Waals surface area contributed by atoms with Gasteiger partial charge in [-0.05, 0) is 18.1 Å². The SMILES string of the molecule is COC1=C2C=COC=C2CC1. The minimum Gasteiger partial charge on any atom is -0.500 e. The topological polar surface area (TPSA) is 18.5 Å². The minimum absolute atomic E-state index is 1.01. The molecule has 0 unspecified atom stereocenters. The summed E-state index contributed by atoms with van der Waals surface area (Å²) in [5, 5.41) is 0. The van der Waals surface area contributed by atoms with Gasteiger partial charge in [-0.25, -0.2) is 0 Å². The van der Waals surface area contributed by atoms with Crippen molar-refractivity contribution in [1.82, 2.24) is 0 Å². The molecular formula is C9H10O2. The Bertz CT molecular complexity index is 259. The molecule has 0 N–H and O–H groups in total. The molecule has 0 aromatic rings. The van der Waals surface area contributed by atoms with Crippen molar-refractivity contribution < 1.29 is 9.47 Å². The van der Waals surface area contributed by atoms with E-state index < -0.39 is 0 Å². The first kappa shape index (κ1) is 6.53. The molecular weight excluding hydrogens is 140 g/mol. The summed E-state index contributed by atoms with van der Waals surface area (Å²) in [5.74, 6) is 1.08. The fourth-order valence-corrected chi connectivity index (χ4v) is 1.46. The lowest BCUT2D eigenvalue weighted by Gasteiger charge is -2.06. The lowest BCUT2D eigenvalue weighted by Crippen LogP contribution is -1.89. The van der Waals surface area contributed by atoms with E-state index in [9.17, 15) is 0 Å². The third kappa shape index (κ3) is 0.946. The first-order chi connectivity index (χ1) is 5.42. The molecule has 1 aliphatic heterocycles.